The third kappa shape index (κ3) is 3.95. The second-order valence-electron chi connectivity index (χ2n) is 4.76. The van der Waals surface area contributed by atoms with Crippen LogP contribution >= 0.6 is 11.6 Å². The van der Waals surface area contributed by atoms with E-state index < -0.39 is 5.82 Å². The number of phenolic OH excluding ortho intramolecular Hbond substituents is 1. The Morgan fingerprint density at radius 2 is 1.90 bits per heavy atom. The zero-order chi connectivity index (χ0) is 14.5. The first-order chi connectivity index (χ1) is 9.56. The van der Waals surface area contributed by atoms with Gasteiger partial charge in [-0.1, -0.05) is 29.8 Å². The van der Waals surface area contributed by atoms with Gasteiger partial charge in [0, 0.05) is 22.7 Å². The summed E-state index contributed by atoms with van der Waals surface area (Å²) in [4.78, 5) is 0. The molecule has 106 valence electrons. The molecule has 2 aromatic carbocycles. The molecule has 0 amide bonds. The van der Waals surface area contributed by atoms with E-state index in [2.05, 4.69) is 5.32 Å². The zero-order valence-corrected chi connectivity index (χ0v) is 12.0. The van der Waals surface area contributed by atoms with Crippen LogP contribution in [0.5, 0.6) is 5.75 Å². The molecule has 2 rings (SSSR count). The summed E-state index contributed by atoms with van der Waals surface area (Å²) in [5.41, 5.74) is 1.74. The van der Waals surface area contributed by atoms with Crippen LogP contribution < -0.4 is 5.32 Å². The fourth-order valence-corrected chi connectivity index (χ4v) is 2.19. The fraction of sp³-hybridized carbons (Fsp3) is 0.250. The Kier molecular flexibility index (Phi) is 4.99. The molecule has 20 heavy (non-hydrogen) atoms. The number of hydrogen-bond donors (Lipinski definition) is 2. The monoisotopic (exact) mass is 293 g/mol. The quantitative estimate of drug-likeness (QED) is 0.871. The molecule has 0 aliphatic heterocycles. The lowest BCUT2D eigenvalue weighted by Gasteiger charge is -2.15. The Morgan fingerprint density at radius 1 is 1.20 bits per heavy atom. The smallest absolute Gasteiger partial charge is 0.131 e. The molecule has 0 spiro atoms. The molecule has 0 radical (unpaired) electrons. The molecular formula is C16H17ClFNO. The number of hydrogen-bond acceptors (Lipinski definition) is 2. The molecule has 0 saturated carbocycles. The predicted molar refractivity (Wildman–Crippen MR) is 79.6 cm³/mol. The van der Waals surface area contributed by atoms with Gasteiger partial charge < -0.3 is 10.4 Å². The number of benzene rings is 2. The van der Waals surface area contributed by atoms with Crippen molar-refractivity contribution in [2.45, 2.75) is 19.4 Å². The van der Waals surface area contributed by atoms with Crippen LogP contribution in [0.3, 0.4) is 0 Å². The van der Waals surface area contributed by atoms with E-state index in [1.807, 2.05) is 31.2 Å². The van der Waals surface area contributed by atoms with Gasteiger partial charge in [0.05, 0.1) is 0 Å². The van der Waals surface area contributed by atoms with Gasteiger partial charge in [0.2, 0.25) is 0 Å². The van der Waals surface area contributed by atoms with Gasteiger partial charge in [-0.15, -0.1) is 0 Å². The average Bonchev–Trinajstić information content (AvgIpc) is 2.41. The second kappa shape index (κ2) is 6.73. The molecule has 0 aliphatic rings. The highest BCUT2D eigenvalue weighted by Crippen LogP contribution is 2.21. The van der Waals surface area contributed by atoms with Crippen LogP contribution in [0.25, 0.3) is 0 Å². The van der Waals surface area contributed by atoms with E-state index in [9.17, 15) is 9.50 Å². The van der Waals surface area contributed by atoms with Crippen LogP contribution in [0.15, 0.2) is 42.5 Å². The summed E-state index contributed by atoms with van der Waals surface area (Å²) in [5, 5.41) is 13.2. The van der Waals surface area contributed by atoms with E-state index in [1.165, 1.54) is 11.6 Å². The maximum atomic E-state index is 13.7. The number of aromatic hydroxyl groups is 1. The van der Waals surface area contributed by atoms with Crippen molar-refractivity contribution in [1.82, 2.24) is 5.32 Å². The summed E-state index contributed by atoms with van der Waals surface area (Å²) in [7, 11) is 0. The largest absolute Gasteiger partial charge is 0.508 e. The summed E-state index contributed by atoms with van der Waals surface area (Å²) in [6.45, 7) is 2.64. The molecule has 2 aromatic rings. The number of halogens is 2. The lowest BCUT2D eigenvalue weighted by molar-refractivity contribution is 0.464. The lowest BCUT2D eigenvalue weighted by atomic mass is 10.1. The minimum absolute atomic E-state index is 0.0559. The minimum Gasteiger partial charge on any atom is -0.508 e. The normalized spacial score (nSPS) is 12.3. The second-order valence-corrected chi connectivity index (χ2v) is 5.19. The highest BCUT2D eigenvalue weighted by Gasteiger charge is 2.10. The Labute approximate surface area is 123 Å². The van der Waals surface area contributed by atoms with Crippen LogP contribution in [0.2, 0.25) is 5.02 Å². The molecule has 0 heterocycles. The van der Waals surface area contributed by atoms with E-state index in [4.69, 9.17) is 11.6 Å². The molecule has 2 nitrogen and oxygen atoms in total. The van der Waals surface area contributed by atoms with Gasteiger partial charge >= 0.3 is 0 Å². The zero-order valence-electron chi connectivity index (χ0n) is 11.2. The van der Waals surface area contributed by atoms with E-state index in [1.54, 1.807) is 6.07 Å². The molecular weight excluding hydrogens is 277 g/mol. The molecule has 0 fully saturated rings. The topological polar surface area (TPSA) is 32.3 Å². The summed E-state index contributed by atoms with van der Waals surface area (Å²) >= 11 is 5.83. The highest BCUT2D eigenvalue weighted by atomic mass is 35.5. The lowest BCUT2D eigenvalue weighted by Crippen LogP contribution is -2.22. The summed E-state index contributed by atoms with van der Waals surface area (Å²) in [6.07, 6.45) is 0.848. The summed E-state index contributed by atoms with van der Waals surface area (Å²) < 4.78 is 13.7. The Morgan fingerprint density at radius 3 is 2.55 bits per heavy atom. The van der Waals surface area contributed by atoms with Crippen molar-refractivity contribution in [3.63, 3.8) is 0 Å². The van der Waals surface area contributed by atoms with Crippen molar-refractivity contribution >= 4 is 11.6 Å². The van der Waals surface area contributed by atoms with Crippen LogP contribution in [0.1, 0.15) is 24.1 Å². The molecule has 0 aliphatic carbocycles. The number of nitrogens with one attached hydrogen (secondary N) is 1. The van der Waals surface area contributed by atoms with Gasteiger partial charge in [0.25, 0.3) is 0 Å². The van der Waals surface area contributed by atoms with E-state index in [0.29, 0.717) is 5.56 Å². The van der Waals surface area contributed by atoms with Crippen molar-refractivity contribution in [3.8, 4) is 5.75 Å². The van der Waals surface area contributed by atoms with Crippen molar-refractivity contribution in [1.29, 1.82) is 0 Å². The van der Waals surface area contributed by atoms with Crippen LogP contribution in [0, 0.1) is 5.82 Å². The Hall–Kier alpha value is -1.58. The van der Waals surface area contributed by atoms with Gasteiger partial charge in [-0.25, -0.2) is 4.39 Å². The van der Waals surface area contributed by atoms with Gasteiger partial charge in [0.15, 0.2) is 0 Å². The van der Waals surface area contributed by atoms with Crippen molar-refractivity contribution < 1.29 is 9.50 Å². The standard InChI is InChI=1S/C16H17ClFNO/c1-11(15-7-6-14(20)10-16(15)18)19-9-8-12-2-4-13(17)5-3-12/h2-7,10-11,19-20H,8-9H2,1H3. The van der Waals surface area contributed by atoms with Crippen molar-refractivity contribution in [3.05, 3.63) is 64.4 Å². The molecule has 2 N–H and O–H groups in total. The van der Waals surface area contributed by atoms with E-state index in [-0.39, 0.29) is 11.8 Å². The Bertz CT molecular complexity index is 571. The van der Waals surface area contributed by atoms with Crippen LogP contribution in [0.4, 0.5) is 4.39 Å². The first-order valence-corrected chi connectivity index (χ1v) is 6.90. The summed E-state index contributed by atoms with van der Waals surface area (Å²) in [6, 6.07) is 11.8. The number of rotatable bonds is 5. The number of phenols is 1. The maximum Gasteiger partial charge on any atom is 0.131 e. The molecule has 1 atom stereocenters. The average molecular weight is 294 g/mol. The van der Waals surface area contributed by atoms with E-state index in [0.717, 1.165) is 24.1 Å². The highest BCUT2D eigenvalue weighted by molar-refractivity contribution is 6.30. The molecule has 4 heteroatoms. The van der Waals surface area contributed by atoms with Gasteiger partial charge in [-0.3, -0.25) is 0 Å². The first kappa shape index (κ1) is 14.8. The van der Waals surface area contributed by atoms with E-state index >= 15 is 0 Å². The molecule has 0 bridgehead atoms. The SMILES string of the molecule is CC(NCCc1ccc(Cl)cc1)c1ccc(O)cc1F. The third-order valence-corrected chi connectivity index (χ3v) is 3.48. The third-order valence-electron chi connectivity index (χ3n) is 3.23. The minimum atomic E-state index is -0.392. The molecule has 0 saturated heterocycles. The van der Waals surface area contributed by atoms with Gasteiger partial charge in [-0.05, 0) is 43.7 Å². The van der Waals surface area contributed by atoms with Crippen LogP contribution in [-0.2, 0) is 6.42 Å². The van der Waals surface area contributed by atoms with Crippen molar-refractivity contribution in [2.75, 3.05) is 6.54 Å². The maximum absolute atomic E-state index is 13.7. The van der Waals surface area contributed by atoms with Crippen LogP contribution in [-0.4, -0.2) is 11.7 Å². The molecule has 1 unspecified atom stereocenters. The fourth-order valence-electron chi connectivity index (χ4n) is 2.06. The van der Waals surface area contributed by atoms with Gasteiger partial charge in [0.1, 0.15) is 11.6 Å². The molecule has 0 aromatic heterocycles. The first-order valence-electron chi connectivity index (χ1n) is 6.52. The van der Waals surface area contributed by atoms with Crippen molar-refractivity contribution in [2.24, 2.45) is 0 Å². The van der Waals surface area contributed by atoms with Gasteiger partial charge in [-0.2, -0.15) is 0 Å². The summed E-state index contributed by atoms with van der Waals surface area (Å²) in [5.74, 6) is -0.448. The predicted octanol–water partition coefficient (Wildman–Crippen LogP) is 4.08. The Balaban J connectivity index is 1.88.